The number of carbonyl (C=O) groups excluding carboxylic acids is 1. The quantitative estimate of drug-likeness (QED) is 0.833. The number of imidazole rings is 1. The Bertz CT molecular complexity index is 612. The van der Waals surface area contributed by atoms with Crippen molar-refractivity contribution in [3.8, 4) is 0 Å². The molecule has 0 aliphatic carbocycles. The molecule has 0 atom stereocenters. The molecular weight excluding hydrogens is 281 g/mol. The van der Waals surface area contributed by atoms with E-state index >= 15 is 0 Å². The molecule has 108 valence electrons. The Morgan fingerprint density at radius 2 is 2.30 bits per heavy atom. The molecule has 0 fully saturated rings. The highest BCUT2D eigenvalue weighted by atomic mass is 35.5. The zero-order valence-electron chi connectivity index (χ0n) is 11.3. The second kappa shape index (κ2) is 6.70. The number of aryl methyl sites for hydroxylation is 1. The summed E-state index contributed by atoms with van der Waals surface area (Å²) in [6, 6.07) is 4.37. The lowest BCUT2D eigenvalue weighted by atomic mass is 10.3. The van der Waals surface area contributed by atoms with Crippen LogP contribution in [0.1, 0.15) is 19.2 Å². The normalized spacial score (nSPS) is 10.9. The van der Waals surface area contributed by atoms with Crippen LogP contribution < -0.4 is 5.32 Å². The summed E-state index contributed by atoms with van der Waals surface area (Å²) in [6.45, 7) is 2.75. The number of rotatable bonds is 6. The zero-order chi connectivity index (χ0) is 14.5. The maximum atomic E-state index is 13.4. The van der Waals surface area contributed by atoms with E-state index in [0.29, 0.717) is 35.7 Å². The third kappa shape index (κ3) is 3.28. The van der Waals surface area contributed by atoms with E-state index in [1.165, 1.54) is 12.1 Å². The van der Waals surface area contributed by atoms with Gasteiger partial charge < -0.3 is 9.88 Å². The topological polar surface area (TPSA) is 46.9 Å². The van der Waals surface area contributed by atoms with Crippen molar-refractivity contribution < 1.29 is 9.18 Å². The van der Waals surface area contributed by atoms with Crippen LogP contribution in [0.15, 0.2) is 18.2 Å². The SMILES string of the molecule is CCCNC(=O)Cn1c(CCCl)nc2ccc(F)cc21. The molecule has 0 radical (unpaired) electrons. The van der Waals surface area contributed by atoms with Crippen LogP contribution >= 0.6 is 11.6 Å². The van der Waals surface area contributed by atoms with Gasteiger partial charge in [-0.2, -0.15) is 0 Å². The maximum absolute atomic E-state index is 13.4. The van der Waals surface area contributed by atoms with E-state index in [1.54, 1.807) is 10.6 Å². The summed E-state index contributed by atoms with van der Waals surface area (Å²) in [5.74, 6) is 0.658. The number of alkyl halides is 1. The average molecular weight is 298 g/mol. The summed E-state index contributed by atoms with van der Waals surface area (Å²) in [5, 5.41) is 2.80. The summed E-state index contributed by atoms with van der Waals surface area (Å²) in [5.41, 5.74) is 1.30. The fourth-order valence-corrected chi connectivity index (χ4v) is 2.23. The van der Waals surface area contributed by atoms with Crippen LogP contribution in [0.25, 0.3) is 11.0 Å². The van der Waals surface area contributed by atoms with Crippen LogP contribution in [0.3, 0.4) is 0 Å². The molecule has 1 N–H and O–H groups in total. The third-order valence-electron chi connectivity index (χ3n) is 2.98. The monoisotopic (exact) mass is 297 g/mol. The molecule has 0 spiro atoms. The van der Waals surface area contributed by atoms with E-state index in [0.717, 1.165) is 6.42 Å². The smallest absolute Gasteiger partial charge is 0.240 e. The minimum atomic E-state index is -0.343. The van der Waals surface area contributed by atoms with Crippen LogP contribution in [-0.2, 0) is 17.8 Å². The van der Waals surface area contributed by atoms with Crippen molar-refractivity contribution in [2.24, 2.45) is 0 Å². The second-order valence-corrected chi connectivity index (χ2v) is 4.91. The van der Waals surface area contributed by atoms with Crippen molar-refractivity contribution in [3.05, 3.63) is 29.8 Å². The number of nitrogens with one attached hydrogen (secondary N) is 1. The molecule has 2 aromatic rings. The van der Waals surface area contributed by atoms with Gasteiger partial charge in [0.25, 0.3) is 0 Å². The van der Waals surface area contributed by atoms with Crippen molar-refractivity contribution in [1.29, 1.82) is 0 Å². The van der Waals surface area contributed by atoms with Gasteiger partial charge in [0.15, 0.2) is 0 Å². The first-order chi connectivity index (χ1) is 9.65. The number of amides is 1. The fourth-order valence-electron chi connectivity index (χ4n) is 2.06. The molecule has 1 amide bonds. The van der Waals surface area contributed by atoms with Crippen LogP contribution in [0.5, 0.6) is 0 Å². The van der Waals surface area contributed by atoms with Crippen LogP contribution in [-0.4, -0.2) is 27.9 Å². The maximum Gasteiger partial charge on any atom is 0.240 e. The lowest BCUT2D eigenvalue weighted by Gasteiger charge is -2.09. The molecule has 20 heavy (non-hydrogen) atoms. The summed E-state index contributed by atoms with van der Waals surface area (Å²) in [4.78, 5) is 16.3. The molecule has 1 aromatic heterocycles. The van der Waals surface area contributed by atoms with Crippen molar-refractivity contribution in [3.63, 3.8) is 0 Å². The van der Waals surface area contributed by atoms with Gasteiger partial charge in [0.2, 0.25) is 5.91 Å². The molecule has 2 rings (SSSR count). The number of hydrogen-bond acceptors (Lipinski definition) is 2. The van der Waals surface area contributed by atoms with Crippen LogP contribution in [0.4, 0.5) is 4.39 Å². The molecule has 0 aliphatic heterocycles. The summed E-state index contributed by atoms with van der Waals surface area (Å²) < 4.78 is 15.1. The Morgan fingerprint density at radius 1 is 1.50 bits per heavy atom. The van der Waals surface area contributed by atoms with Gasteiger partial charge in [-0.1, -0.05) is 6.92 Å². The predicted molar refractivity (Wildman–Crippen MR) is 77.4 cm³/mol. The van der Waals surface area contributed by atoms with Gasteiger partial charge in [-0.3, -0.25) is 4.79 Å². The highest BCUT2D eigenvalue weighted by molar-refractivity contribution is 6.17. The number of nitrogens with zero attached hydrogens (tertiary/aromatic N) is 2. The van der Waals surface area contributed by atoms with E-state index in [9.17, 15) is 9.18 Å². The first-order valence-corrected chi connectivity index (χ1v) is 7.16. The number of aromatic nitrogens is 2. The number of carbonyl (C=O) groups is 1. The minimum absolute atomic E-state index is 0.105. The zero-order valence-corrected chi connectivity index (χ0v) is 12.1. The molecule has 0 saturated heterocycles. The Morgan fingerprint density at radius 3 is 3.00 bits per heavy atom. The molecule has 1 aromatic carbocycles. The largest absolute Gasteiger partial charge is 0.355 e. The molecule has 0 bridgehead atoms. The van der Waals surface area contributed by atoms with Gasteiger partial charge in [-0.15, -0.1) is 11.6 Å². The third-order valence-corrected chi connectivity index (χ3v) is 3.17. The average Bonchev–Trinajstić information content (AvgIpc) is 2.75. The van der Waals surface area contributed by atoms with Gasteiger partial charge in [-0.25, -0.2) is 9.37 Å². The van der Waals surface area contributed by atoms with E-state index in [1.807, 2.05) is 6.92 Å². The summed E-state index contributed by atoms with van der Waals surface area (Å²) in [6.07, 6.45) is 1.42. The van der Waals surface area contributed by atoms with Crippen LogP contribution in [0, 0.1) is 5.82 Å². The van der Waals surface area contributed by atoms with Crippen molar-refractivity contribution >= 4 is 28.5 Å². The first kappa shape index (κ1) is 14.8. The number of halogens is 2. The molecule has 0 unspecified atom stereocenters. The standard InChI is InChI=1S/C14H17ClFN3O/c1-2-7-17-14(20)9-19-12-8-10(16)3-4-11(12)18-13(19)5-6-15/h3-4,8H,2,5-7,9H2,1H3,(H,17,20). The van der Waals surface area contributed by atoms with Gasteiger partial charge in [-0.05, 0) is 24.6 Å². The molecule has 6 heteroatoms. The number of hydrogen-bond donors (Lipinski definition) is 1. The van der Waals surface area contributed by atoms with Gasteiger partial charge >= 0.3 is 0 Å². The van der Waals surface area contributed by atoms with E-state index in [2.05, 4.69) is 10.3 Å². The summed E-state index contributed by atoms with van der Waals surface area (Å²) in [7, 11) is 0. The lowest BCUT2D eigenvalue weighted by Crippen LogP contribution is -2.28. The van der Waals surface area contributed by atoms with E-state index < -0.39 is 0 Å². The second-order valence-electron chi connectivity index (χ2n) is 4.54. The Hall–Kier alpha value is -1.62. The predicted octanol–water partition coefficient (Wildman–Crippen LogP) is 2.48. The fraction of sp³-hybridized carbons (Fsp3) is 0.429. The Balaban J connectivity index is 2.34. The van der Waals surface area contributed by atoms with Gasteiger partial charge in [0.05, 0.1) is 11.0 Å². The van der Waals surface area contributed by atoms with E-state index in [-0.39, 0.29) is 18.3 Å². The number of fused-ring (bicyclic) bond motifs is 1. The molecule has 0 aliphatic rings. The Kier molecular flexibility index (Phi) is 4.95. The molecule has 0 saturated carbocycles. The molecular formula is C14H17ClFN3O. The van der Waals surface area contributed by atoms with Gasteiger partial charge in [0.1, 0.15) is 18.2 Å². The highest BCUT2D eigenvalue weighted by Gasteiger charge is 2.13. The lowest BCUT2D eigenvalue weighted by molar-refractivity contribution is -0.121. The van der Waals surface area contributed by atoms with E-state index in [4.69, 9.17) is 11.6 Å². The summed E-state index contributed by atoms with van der Waals surface area (Å²) >= 11 is 5.76. The first-order valence-electron chi connectivity index (χ1n) is 6.63. The van der Waals surface area contributed by atoms with Crippen molar-refractivity contribution in [2.45, 2.75) is 26.3 Å². The van der Waals surface area contributed by atoms with Crippen LogP contribution in [0.2, 0.25) is 0 Å². The molecule has 1 heterocycles. The van der Waals surface area contributed by atoms with Gasteiger partial charge in [0, 0.05) is 18.8 Å². The minimum Gasteiger partial charge on any atom is -0.355 e. The van der Waals surface area contributed by atoms with Crippen molar-refractivity contribution in [1.82, 2.24) is 14.9 Å². The number of benzene rings is 1. The Labute approximate surface area is 121 Å². The molecule has 4 nitrogen and oxygen atoms in total. The van der Waals surface area contributed by atoms with Crippen molar-refractivity contribution in [2.75, 3.05) is 12.4 Å². The highest BCUT2D eigenvalue weighted by Crippen LogP contribution is 2.18.